The molecule has 1 amide bonds. The van der Waals surface area contributed by atoms with Crippen molar-refractivity contribution in [1.82, 2.24) is 10.2 Å². The van der Waals surface area contributed by atoms with Crippen molar-refractivity contribution in [3.05, 3.63) is 35.9 Å². The molecule has 5 atom stereocenters. The van der Waals surface area contributed by atoms with Gasteiger partial charge in [-0.2, -0.15) is 0 Å². The van der Waals surface area contributed by atoms with E-state index in [4.69, 9.17) is 9.47 Å². The SMILES string of the molecule is CCCC(N[C@H](C)C(=O)N1C2CCCC[C@H]2C[C@H]1C(=O)OCc1ccccc1)C(=O)OCC. The van der Waals surface area contributed by atoms with E-state index in [2.05, 4.69) is 5.32 Å². The molecule has 2 aliphatic rings. The van der Waals surface area contributed by atoms with Gasteiger partial charge in [-0.3, -0.25) is 14.9 Å². The van der Waals surface area contributed by atoms with Gasteiger partial charge in [0.05, 0.1) is 12.6 Å². The molecule has 1 heterocycles. The highest BCUT2D eigenvalue weighted by Crippen LogP contribution is 2.40. The maximum atomic E-state index is 13.6. The summed E-state index contributed by atoms with van der Waals surface area (Å²) >= 11 is 0. The summed E-state index contributed by atoms with van der Waals surface area (Å²) in [5.41, 5.74) is 0.922. The van der Waals surface area contributed by atoms with Crippen molar-refractivity contribution < 1.29 is 23.9 Å². The van der Waals surface area contributed by atoms with Crippen LogP contribution in [0.5, 0.6) is 0 Å². The van der Waals surface area contributed by atoms with E-state index >= 15 is 0 Å². The molecular formula is C26H38N2O5. The van der Waals surface area contributed by atoms with Crippen LogP contribution < -0.4 is 5.32 Å². The zero-order valence-corrected chi connectivity index (χ0v) is 20.1. The lowest BCUT2D eigenvalue weighted by Gasteiger charge is -2.35. The van der Waals surface area contributed by atoms with Crippen molar-refractivity contribution in [2.75, 3.05) is 6.61 Å². The van der Waals surface area contributed by atoms with Crippen molar-refractivity contribution in [3.63, 3.8) is 0 Å². The van der Waals surface area contributed by atoms with Crippen molar-refractivity contribution >= 4 is 17.8 Å². The first-order valence-corrected chi connectivity index (χ1v) is 12.4. The van der Waals surface area contributed by atoms with Crippen LogP contribution in [0.15, 0.2) is 30.3 Å². The van der Waals surface area contributed by atoms with E-state index in [1.165, 1.54) is 0 Å². The second kappa shape index (κ2) is 12.2. The van der Waals surface area contributed by atoms with E-state index in [1.54, 1.807) is 18.7 Å². The molecule has 0 bridgehead atoms. The van der Waals surface area contributed by atoms with Crippen molar-refractivity contribution in [2.24, 2.45) is 5.92 Å². The van der Waals surface area contributed by atoms with Gasteiger partial charge >= 0.3 is 11.9 Å². The van der Waals surface area contributed by atoms with Crippen LogP contribution in [-0.4, -0.2) is 53.5 Å². The maximum absolute atomic E-state index is 13.6. The lowest BCUT2D eigenvalue weighted by Crippen LogP contribution is -2.55. The molecule has 1 N–H and O–H groups in total. The normalized spacial score (nSPS) is 24.0. The molecule has 1 saturated heterocycles. The number of rotatable bonds is 10. The number of nitrogens with one attached hydrogen (secondary N) is 1. The number of esters is 2. The largest absolute Gasteiger partial charge is 0.465 e. The highest BCUT2D eigenvalue weighted by molar-refractivity contribution is 5.89. The van der Waals surface area contributed by atoms with Gasteiger partial charge in [0.15, 0.2) is 0 Å². The molecule has 1 saturated carbocycles. The molecule has 1 aliphatic heterocycles. The van der Waals surface area contributed by atoms with Gasteiger partial charge in [-0.15, -0.1) is 0 Å². The summed E-state index contributed by atoms with van der Waals surface area (Å²) in [5.74, 6) is -0.503. The average molecular weight is 459 g/mol. The maximum Gasteiger partial charge on any atom is 0.329 e. The van der Waals surface area contributed by atoms with Gasteiger partial charge < -0.3 is 14.4 Å². The average Bonchev–Trinajstić information content (AvgIpc) is 3.22. The van der Waals surface area contributed by atoms with Crippen molar-refractivity contribution in [2.45, 2.75) is 96.5 Å². The molecule has 2 unspecified atom stereocenters. The van der Waals surface area contributed by atoms with E-state index in [9.17, 15) is 14.4 Å². The van der Waals surface area contributed by atoms with Crippen LogP contribution >= 0.6 is 0 Å². The van der Waals surface area contributed by atoms with Crippen LogP contribution in [0.3, 0.4) is 0 Å². The third-order valence-corrected chi connectivity index (χ3v) is 6.81. The molecule has 182 valence electrons. The van der Waals surface area contributed by atoms with Crippen molar-refractivity contribution in [1.29, 1.82) is 0 Å². The topological polar surface area (TPSA) is 84.9 Å². The fraction of sp³-hybridized carbons (Fsp3) is 0.654. The number of carbonyl (C=O) groups is 3. The summed E-state index contributed by atoms with van der Waals surface area (Å²) in [7, 11) is 0. The third-order valence-electron chi connectivity index (χ3n) is 6.81. The number of likely N-dealkylation sites (tertiary alicyclic amines) is 1. The number of nitrogens with zero attached hydrogens (tertiary/aromatic N) is 1. The second-order valence-electron chi connectivity index (χ2n) is 9.18. The Kier molecular flexibility index (Phi) is 9.30. The Morgan fingerprint density at radius 1 is 1.09 bits per heavy atom. The Morgan fingerprint density at radius 3 is 2.52 bits per heavy atom. The van der Waals surface area contributed by atoms with Gasteiger partial charge in [-0.25, -0.2) is 4.79 Å². The van der Waals surface area contributed by atoms with Crippen LogP contribution in [0.2, 0.25) is 0 Å². The molecule has 1 aromatic rings. The first kappa shape index (κ1) is 25.2. The van der Waals surface area contributed by atoms with Crippen LogP contribution in [0.1, 0.15) is 71.3 Å². The third kappa shape index (κ3) is 6.34. The monoisotopic (exact) mass is 458 g/mol. The highest BCUT2D eigenvalue weighted by atomic mass is 16.5. The number of hydrogen-bond donors (Lipinski definition) is 1. The highest BCUT2D eigenvalue weighted by Gasteiger charge is 2.49. The predicted molar refractivity (Wildman–Crippen MR) is 125 cm³/mol. The Morgan fingerprint density at radius 2 is 1.82 bits per heavy atom. The zero-order chi connectivity index (χ0) is 23.8. The van der Waals surface area contributed by atoms with E-state index in [0.717, 1.165) is 37.7 Å². The number of fused-ring (bicyclic) bond motifs is 1. The molecule has 33 heavy (non-hydrogen) atoms. The first-order valence-electron chi connectivity index (χ1n) is 12.4. The molecular weight excluding hydrogens is 420 g/mol. The first-order chi connectivity index (χ1) is 16.0. The molecule has 0 aromatic heterocycles. The zero-order valence-electron chi connectivity index (χ0n) is 20.1. The lowest BCUT2D eigenvalue weighted by molar-refractivity contribution is -0.157. The molecule has 7 heteroatoms. The fourth-order valence-electron chi connectivity index (χ4n) is 5.21. The quantitative estimate of drug-likeness (QED) is 0.539. The molecule has 0 spiro atoms. The molecule has 7 nitrogen and oxygen atoms in total. The van der Waals surface area contributed by atoms with Crippen molar-refractivity contribution in [3.8, 4) is 0 Å². The molecule has 0 radical (unpaired) electrons. The van der Waals surface area contributed by atoms with Crippen LogP contribution in [0, 0.1) is 5.92 Å². The Balaban J connectivity index is 1.72. The minimum Gasteiger partial charge on any atom is -0.465 e. The predicted octanol–water partition coefficient (Wildman–Crippen LogP) is 3.60. The van der Waals surface area contributed by atoms with Crippen LogP contribution in [-0.2, 0) is 30.5 Å². The van der Waals surface area contributed by atoms with E-state index < -0.39 is 18.1 Å². The molecule has 1 aliphatic carbocycles. The summed E-state index contributed by atoms with van der Waals surface area (Å²) in [5, 5.41) is 3.17. The second-order valence-corrected chi connectivity index (χ2v) is 9.18. The Hall–Kier alpha value is -2.41. The van der Waals surface area contributed by atoms with Gasteiger partial charge in [0.2, 0.25) is 5.91 Å². The smallest absolute Gasteiger partial charge is 0.329 e. The summed E-state index contributed by atoms with van der Waals surface area (Å²) in [6.07, 6.45) is 6.14. The van der Waals surface area contributed by atoms with Gasteiger partial charge in [0, 0.05) is 6.04 Å². The Bertz CT molecular complexity index is 799. The summed E-state index contributed by atoms with van der Waals surface area (Å²) < 4.78 is 10.8. The summed E-state index contributed by atoms with van der Waals surface area (Å²) in [4.78, 5) is 40.8. The van der Waals surface area contributed by atoms with Gasteiger partial charge in [-0.1, -0.05) is 56.5 Å². The van der Waals surface area contributed by atoms with Gasteiger partial charge in [0.1, 0.15) is 18.7 Å². The van der Waals surface area contributed by atoms with E-state index in [-0.39, 0.29) is 30.5 Å². The number of benzene rings is 1. The van der Waals surface area contributed by atoms with Gasteiger partial charge in [0.25, 0.3) is 0 Å². The summed E-state index contributed by atoms with van der Waals surface area (Å²) in [6.45, 7) is 6.03. The molecule has 3 rings (SSSR count). The number of ether oxygens (including phenoxy) is 2. The minimum absolute atomic E-state index is 0.0528. The number of amides is 1. The number of hydrogen-bond acceptors (Lipinski definition) is 6. The number of carbonyl (C=O) groups excluding carboxylic acids is 3. The molecule has 1 aromatic carbocycles. The van der Waals surface area contributed by atoms with E-state index in [1.807, 2.05) is 37.3 Å². The minimum atomic E-state index is -0.601. The Labute approximate surface area is 197 Å². The fourth-order valence-corrected chi connectivity index (χ4v) is 5.21. The van der Waals surface area contributed by atoms with Gasteiger partial charge in [-0.05, 0) is 51.0 Å². The standard InChI is InChI=1S/C26H38N2O5/c1-4-11-21(25(30)32-5-2)27-18(3)24(29)28-22-15-10-9-14-20(22)16-23(28)26(31)33-17-19-12-7-6-8-13-19/h6-8,12-13,18,20-23,27H,4-5,9-11,14-17H2,1-3H3/t18-,20+,21?,22?,23+/m1/s1. The lowest BCUT2D eigenvalue weighted by atomic mass is 9.84. The summed E-state index contributed by atoms with van der Waals surface area (Å²) in [6, 6.07) is 7.91. The van der Waals surface area contributed by atoms with E-state index in [0.29, 0.717) is 25.4 Å². The molecule has 2 fully saturated rings. The van der Waals surface area contributed by atoms with Crippen LogP contribution in [0.25, 0.3) is 0 Å². The van der Waals surface area contributed by atoms with Crippen LogP contribution in [0.4, 0.5) is 0 Å².